The van der Waals surface area contributed by atoms with Crippen LogP contribution in [0.15, 0.2) is 30.3 Å². The van der Waals surface area contributed by atoms with Crippen molar-refractivity contribution in [3.63, 3.8) is 0 Å². The van der Waals surface area contributed by atoms with E-state index in [2.05, 4.69) is 29.8 Å². The fraction of sp³-hybridized carbons (Fsp3) is 0.667. The van der Waals surface area contributed by atoms with Crippen molar-refractivity contribution in [2.24, 2.45) is 5.92 Å². The van der Waals surface area contributed by atoms with Crippen molar-refractivity contribution in [1.29, 1.82) is 0 Å². The Labute approximate surface area is 215 Å². The van der Waals surface area contributed by atoms with E-state index in [4.69, 9.17) is 9.47 Å². The van der Waals surface area contributed by atoms with Gasteiger partial charge in [0.15, 0.2) is 0 Å². The van der Waals surface area contributed by atoms with E-state index < -0.39 is 23.8 Å². The molecular formula is C27H44N4O5. The Morgan fingerprint density at radius 1 is 1.11 bits per heavy atom. The molecule has 36 heavy (non-hydrogen) atoms. The zero-order valence-corrected chi connectivity index (χ0v) is 22.5. The number of hydrogen-bond donors (Lipinski definition) is 3. The summed E-state index contributed by atoms with van der Waals surface area (Å²) in [6, 6.07) is 8.93. The Balaban J connectivity index is 1.94. The molecule has 202 valence electrons. The van der Waals surface area contributed by atoms with Gasteiger partial charge in [-0.15, -0.1) is 0 Å². The summed E-state index contributed by atoms with van der Waals surface area (Å²) in [5.74, 6) is 0.471. The third kappa shape index (κ3) is 10.8. The highest BCUT2D eigenvalue weighted by Crippen LogP contribution is 2.16. The number of benzene rings is 1. The number of hydrogen-bond acceptors (Lipinski definition) is 6. The maximum atomic E-state index is 13.4. The average Bonchev–Trinajstić information content (AvgIpc) is 2.98. The molecular weight excluding hydrogens is 460 g/mol. The summed E-state index contributed by atoms with van der Waals surface area (Å²) in [4.78, 5) is 39.6. The van der Waals surface area contributed by atoms with Crippen molar-refractivity contribution in [3.05, 3.63) is 35.9 Å². The second-order valence-corrected chi connectivity index (χ2v) is 10.3. The van der Waals surface area contributed by atoms with Crippen LogP contribution in [-0.4, -0.2) is 66.9 Å². The maximum Gasteiger partial charge on any atom is 0.407 e. The van der Waals surface area contributed by atoms with Gasteiger partial charge in [0, 0.05) is 32.2 Å². The summed E-state index contributed by atoms with van der Waals surface area (Å²) in [7, 11) is 0. The highest BCUT2D eigenvalue weighted by atomic mass is 16.6. The normalized spacial score (nSPS) is 18.5. The molecule has 1 aromatic carbocycles. The molecule has 1 aliphatic rings. The van der Waals surface area contributed by atoms with E-state index in [1.54, 1.807) is 20.8 Å². The second kappa shape index (κ2) is 14.7. The van der Waals surface area contributed by atoms with Crippen LogP contribution < -0.4 is 16.0 Å². The molecule has 3 amide bonds. The first-order chi connectivity index (χ1) is 17.1. The minimum atomic E-state index is -0.585. The van der Waals surface area contributed by atoms with Crippen molar-refractivity contribution < 1.29 is 23.9 Å². The molecule has 1 heterocycles. The molecule has 1 fully saturated rings. The van der Waals surface area contributed by atoms with Crippen molar-refractivity contribution in [2.45, 2.75) is 84.6 Å². The van der Waals surface area contributed by atoms with Crippen LogP contribution in [0.2, 0.25) is 0 Å². The fourth-order valence-electron chi connectivity index (χ4n) is 4.10. The highest BCUT2D eigenvalue weighted by molar-refractivity contribution is 5.82. The van der Waals surface area contributed by atoms with Crippen LogP contribution in [0.3, 0.4) is 0 Å². The van der Waals surface area contributed by atoms with Gasteiger partial charge in [0.25, 0.3) is 0 Å². The summed E-state index contributed by atoms with van der Waals surface area (Å²) in [5, 5.41) is 8.96. The van der Waals surface area contributed by atoms with Gasteiger partial charge in [-0.25, -0.2) is 9.59 Å². The van der Waals surface area contributed by atoms with Crippen molar-refractivity contribution >= 4 is 18.1 Å². The molecule has 0 spiro atoms. The molecule has 0 bridgehead atoms. The lowest BCUT2D eigenvalue weighted by molar-refractivity contribution is -0.133. The van der Waals surface area contributed by atoms with E-state index in [1.165, 1.54) is 0 Å². The van der Waals surface area contributed by atoms with Crippen LogP contribution in [-0.2, 0) is 20.9 Å². The number of amides is 3. The Morgan fingerprint density at radius 3 is 2.44 bits per heavy atom. The molecule has 2 rings (SSSR count). The molecule has 2 atom stereocenters. The van der Waals surface area contributed by atoms with Crippen LogP contribution in [0.4, 0.5) is 9.59 Å². The van der Waals surface area contributed by atoms with E-state index in [1.807, 2.05) is 35.2 Å². The van der Waals surface area contributed by atoms with E-state index in [9.17, 15) is 14.4 Å². The first-order valence-corrected chi connectivity index (χ1v) is 13.1. The minimum Gasteiger partial charge on any atom is -0.445 e. The largest absolute Gasteiger partial charge is 0.445 e. The lowest BCUT2D eigenvalue weighted by atomic mass is 10.0. The molecule has 0 unspecified atom stereocenters. The summed E-state index contributed by atoms with van der Waals surface area (Å²) >= 11 is 0. The number of carbonyl (C=O) groups excluding carboxylic acids is 3. The molecule has 9 nitrogen and oxygen atoms in total. The van der Waals surface area contributed by atoms with Crippen molar-refractivity contribution in [3.8, 4) is 0 Å². The standard InChI is InChI=1S/C27H44N4O5/c1-6-20(7-2)18-31-16-14-22(17-29-25(33)35-19-21-11-9-8-10-12-21)30-23(24(31)32)13-15-28-26(34)36-27(3,4)5/h8-12,20,22-23,30H,6-7,13-19H2,1-5H3,(H,28,34)(H,29,33)/t22-,23-/m0/s1. The molecule has 0 aliphatic carbocycles. The molecule has 9 heteroatoms. The predicted molar refractivity (Wildman–Crippen MR) is 139 cm³/mol. The van der Waals surface area contributed by atoms with Crippen LogP contribution in [0, 0.1) is 5.92 Å². The minimum absolute atomic E-state index is 0.0297. The molecule has 1 aliphatic heterocycles. The SMILES string of the molecule is CCC(CC)CN1CC[C@@H](CNC(=O)OCc2ccccc2)N[C@@H](CCNC(=O)OC(C)(C)C)C1=O. The number of nitrogens with one attached hydrogen (secondary N) is 3. The monoisotopic (exact) mass is 504 g/mol. The molecule has 0 saturated carbocycles. The van der Waals surface area contributed by atoms with Crippen LogP contribution >= 0.6 is 0 Å². The van der Waals surface area contributed by atoms with Gasteiger partial charge in [-0.1, -0.05) is 57.0 Å². The second-order valence-electron chi connectivity index (χ2n) is 10.3. The van der Waals surface area contributed by atoms with Gasteiger partial charge in [0.05, 0.1) is 6.04 Å². The van der Waals surface area contributed by atoms with Crippen LogP contribution in [0.25, 0.3) is 0 Å². The fourth-order valence-corrected chi connectivity index (χ4v) is 4.10. The first-order valence-electron chi connectivity index (χ1n) is 13.1. The van der Waals surface area contributed by atoms with E-state index in [0.29, 0.717) is 44.9 Å². The Kier molecular flexibility index (Phi) is 12.0. The van der Waals surface area contributed by atoms with E-state index >= 15 is 0 Å². The zero-order chi connectivity index (χ0) is 26.6. The highest BCUT2D eigenvalue weighted by Gasteiger charge is 2.31. The Hall–Kier alpha value is -2.81. The number of carbonyl (C=O) groups is 3. The number of ether oxygens (including phenoxy) is 2. The summed E-state index contributed by atoms with van der Waals surface area (Å²) in [6.07, 6.45) is 2.16. The van der Waals surface area contributed by atoms with Gasteiger partial charge in [0.1, 0.15) is 12.2 Å². The maximum absolute atomic E-state index is 13.4. The van der Waals surface area contributed by atoms with Gasteiger partial charge in [-0.2, -0.15) is 0 Å². The van der Waals surface area contributed by atoms with Gasteiger partial charge < -0.3 is 30.3 Å². The topological polar surface area (TPSA) is 109 Å². The van der Waals surface area contributed by atoms with Gasteiger partial charge in [0.2, 0.25) is 5.91 Å². The number of alkyl carbamates (subject to hydrolysis) is 2. The summed E-state index contributed by atoms with van der Waals surface area (Å²) in [6.45, 7) is 11.9. The quantitative estimate of drug-likeness (QED) is 0.423. The van der Waals surface area contributed by atoms with Gasteiger partial charge in [-0.05, 0) is 45.1 Å². The third-order valence-corrected chi connectivity index (χ3v) is 6.23. The molecule has 3 N–H and O–H groups in total. The lowest BCUT2D eigenvalue weighted by Gasteiger charge is -2.28. The number of nitrogens with zero attached hydrogens (tertiary/aromatic N) is 1. The van der Waals surface area contributed by atoms with Crippen molar-refractivity contribution in [2.75, 3.05) is 26.2 Å². The van der Waals surface area contributed by atoms with Crippen LogP contribution in [0.1, 0.15) is 65.9 Å². The molecule has 0 radical (unpaired) electrons. The van der Waals surface area contributed by atoms with Gasteiger partial charge >= 0.3 is 12.2 Å². The molecule has 1 saturated heterocycles. The van der Waals surface area contributed by atoms with Gasteiger partial charge in [-0.3, -0.25) is 4.79 Å². The van der Waals surface area contributed by atoms with Crippen LogP contribution in [0.5, 0.6) is 0 Å². The van der Waals surface area contributed by atoms with Crippen molar-refractivity contribution in [1.82, 2.24) is 20.9 Å². The summed E-state index contributed by atoms with van der Waals surface area (Å²) < 4.78 is 10.6. The Morgan fingerprint density at radius 2 is 1.81 bits per heavy atom. The Bertz CT molecular complexity index is 823. The number of rotatable bonds is 11. The predicted octanol–water partition coefficient (Wildman–Crippen LogP) is 3.82. The average molecular weight is 505 g/mol. The third-order valence-electron chi connectivity index (χ3n) is 6.23. The van der Waals surface area contributed by atoms with E-state index in [-0.39, 0.29) is 18.6 Å². The zero-order valence-electron chi connectivity index (χ0n) is 22.5. The van der Waals surface area contributed by atoms with E-state index in [0.717, 1.165) is 18.4 Å². The molecule has 0 aromatic heterocycles. The first kappa shape index (κ1) is 29.4. The smallest absolute Gasteiger partial charge is 0.407 e. The lowest BCUT2D eigenvalue weighted by Crippen LogP contribution is -2.50. The molecule has 1 aromatic rings. The summed E-state index contributed by atoms with van der Waals surface area (Å²) in [5.41, 5.74) is 0.332.